The van der Waals surface area contributed by atoms with Crippen LogP contribution in [0.15, 0.2) is 46.6 Å². The van der Waals surface area contributed by atoms with Crippen LogP contribution in [0, 0.1) is 5.41 Å². The quantitative estimate of drug-likeness (QED) is 0.543. The van der Waals surface area contributed by atoms with E-state index in [1.165, 1.54) is 69.8 Å². The number of ether oxygens (including phenoxy) is 1. The summed E-state index contributed by atoms with van der Waals surface area (Å²) < 4.78 is 6.77. The van der Waals surface area contributed by atoms with Gasteiger partial charge in [-0.2, -0.15) is 0 Å². The van der Waals surface area contributed by atoms with Crippen molar-refractivity contribution < 1.29 is 4.74 Å². The normalized spacial score (nSPS) is 35.6. The van der Waals surface area contributed by atoms with Crippen molar-refractivity contribution in [3.63, 3.8) is 0 Å². The fourth-order valence-corrected chi connectivity index (χ4v) is 5.94. The molecule has 1 saturated carbocycles. The topological polar surface area (TPSA) is 9.23 Å². The summed E-state index contributed by atoms with van der Waals surface area (Å²) in [7, 11) is 0. The number of hydrogen-bond donors (Lipinski definition) is 0. The molecule has 2 heterocycles. The lowest BCUT2D eigenvalue weighted by Crippen LogP contribution is -2.50. The van der Waals surface area contributed by atoms with E-state index >= 15 is 0 Å². The number of hydrogen-bond acceptors (Lipinski definition) is 1. The van der Waals surface area contributed by atoms with Crippen LogP contribution in [0.4, 0.5) is 0 Å². The van der Waals surface area contributed by atoms with Crippen LogP contribution in [0.1, 0.15) is 64.2 Å². The van der Waals surface area contributed by atoms with Gasteiger partial charge >= 0.3 is 0 Å². The molecule has 22 heavy (non-hydrogen) atoms. The van der Waals surface area contributed by atoms with Gasteiger partial charge in [0.2, 0.25) is 0 Å². The maximum Gasteiger partial charge on any atom is 0.101 e. The SMILES string of the molecule is C1=CC(=C2CC[C@H]3O[C@@H]2C2=C(CCC2)C32CCCCC2)C=C1. The van der Waals surface area contributed by atoms with E-state index in [9.17, 15) is 0 Å². The smallest absolute Gasteiger partial charge is 0.101 e. The highest BCUT2D eigenvalue weighted by Gasteiger charge is 2.52. The molecule has 0 aromatic carbocycles. The second-order valence-corrected chi connectivity index (χ2v) is 7.82. The maximum atomic E-state index is 6.77. The van der Waals surface area contributed by atoms with Crippen LogP contribution in [0.2, 0.25) is 0 Å². The second-order valence-electron chi connectivity index (χ2n) is 7.82. The Hall–Kier alpha value is -1.08. The van der Waals surface area contributed by atoms with Crippen molar-refractivity contribution in [1.82, 2.24) is 0 Å². The molecule has 1 heteroatoms. The van der Waals surface area contributed by atoms with E-state index in [4.69, 9.17) is 4.74 Å². The number of rotatable bonds is 0. The molecule has 5 aliphatic rings. The summed E-state index contributed by atoms with van der Waals surface area (Å²) in [6, 6.07) is 0. The third-order valence-electron chi connectivity index (χ3n) is 6.87. The molecule has 2 bridgehead atoms. The Labute approximate surface area is 133 Å². The molecule has 0 aromatic rings. The van der Waals surface area contributed by atoms with Crippen molar-refractivity contribution in [1.29, 1.82) is 0 Å². The van der Waals surface area contributed by atoms with Crippen LogP contribution in [-0.2, 0) is 4.74 Å². The molecule has 2 aliphatic heterocycles. The van der Waals surface area contributed by atoms with Gasteiger partial charge in [-0.05, 0) is 61.7 Å². The third kappa shape index (κ3) is 1.75. The first kappa shape index (κ1) is 13.4. The molecule has 0 unspecified atom stereocenters. The van der Waals surface area contributed by atoms with Crippen LogP contribution in [-0.4, -0.2) is 12.2 Å². The second kappa shape index (κ2) is 4.96. The first-order valence-electron chi connectivity index (χ1n) is 9.34. The number of allylic oxidation sites excluding steroid dienone is 5. The average Bonchev–Trinajstić information content (AvgIpc) is 3.26. The first-order valence-corrected chi connectivity index (χ1v) is 9.34. The van der Waals surface area contributed by atoms with Crippen LogP contribution < -0.4 is 0 Å². The van der Waals surface area contributed by atoms with Gasteiger partial charge in [0.1, 0.15) is 6.10 Å². The third-order valence-corrected chi connectivity index (χ3v) is 6.87. The zero-order valence-electron chi connectivity index (χ0n) is 13.4. The highest BCUT2D eigenvalue weighted by molar-refractivity contribution is 5.50. The van der Waals surface area contributed by atoms with E-state index in [0.717, 1.165) is 0 Å². The Morgan fingerprint density at radius 1 is 0.864 bits per heavy atom. The standard InChI is InChI=1S/C21H26O/c1-4-13-21(14-5-1)18-10-6-9-17(18)20-16(11-12-19(21)22-20)15-7-2-3-8-15/h2-3,7-8,19-20H,1,4-6,9-14H2/t19-,20+/m1/s1. The monoisotopic (exact) mass is 294 g/mol. The Bertz CT molecular complexity index is 596. The van der Waals surface area contributed by atoms with Gasteiger partial charge < -0.3 is 4.74 Å². The molecule has 1 nitrogen and oxygen atoms in total. The van der Waals surface area contributed by atoms with Crippen molar-refractivity contribution in [3.8, 4) is 0 Å². The molecular weight excluding hydrogens is 268 g/mol. The van der Waals surface area contributed by atoms with Crippen LogP contribution in [0.25, 0.3) is 0 Å². The van der Waals surface area contributed by atoms with E-state index in [0.29, 0.717) is 17.6 Å². The fourth-order valence-electron chi connectivity index (χ4n) is 5.94. The van der Waals surface area contributed by atoms with E-state index in [1.54, 1.807) is 11.1 Å². The minimum atomic E-state index is 0.325. The van der Waals surface area contributed by atoms with Crippen molar-refractivity contribution in [2.75, 3.05) is 0 Å². The molecule has 1 spiro atoms. The van der Waals surface area contributed by atoms with Gasteiger partial charge in [0.25, 0.3) is 0 Å². The minimum absolute atomic E-state index is 0.325. The summed E-state index contributed by atoms with van der Waals surface area (Å²) in [5.74, 6) is 0. The molecule has 0 radical (unpaired) electrons. The van der Waals surface area contributed by atoms with Crippen molar-refractivity contribution in [2.45, 2.75) is 76.4 Å². The maximum absolute atomic E-state index is 6.77. The Morgan fingerprint density at radius 3 is 2.50 bits per heavy atom. The molecule has 1 saturated heterocycles. The molecule has 116 valence electrons. The number of fused-ring (bicyclic) bond motifs is 5. The summed E-state index contributed by atoms with van der Waals surface area (Å²) in [6.07, 6.45) is 23.3. The van der Waals surface area contributed by atoms with Gasteiger partial charge in [-0.25, -0.2) is 0 Å². The van der Waals surface area contributed by atoms with Crippen LogP contribution >= 0.6 is 0 Å². The van der Waals surface area contributed by atoms with Gasteiger partial charge in [-0.15, -0.1) is 0 Å². The molecule has 5 rings (SSSR count). The van der Waals surface area contributed by atoms with E-state index in [-0.39, 0.29) is 0 Å². The van der Waals surface area contributed by atoms with Gasteiger partial charge in [0.05, 0.1) is 6.10 Å². The lowest BCUT2D eigenvalue weighted by molar-refractivity contribution is -0.0948. The molecule has 2 fully saturated rings. The van der Waals surface area contributed by atoms with Gasteiger partial charge in [-0.3, -0.25) is 0 Å². The largest absolute Gasteiger partial charge is 0.365 e. The van der Waals surface area contributed by atoms with Crippen LogP contribution in [0.5, 0.6) is 0 Å². The zero-order valence-corrected chi connectivity index (χ0v) is 13.4. The summed E-state index contributed by atoms with van der Waals surface area (Å²) >= 11 is 0. The van der Waals surface area contributed by atoms with Crippen LogP contribution in [0.3, 0.4) is 0 Å². The highest BCUT2D eigenvalue weighted by atomic mass is 16.5. The molecule has 0 aromatic heterocycles. The van der Waals surface area contributed by atoms with Crippen molar-refractivity contribution >= 4 is 0 Å². The highest BCUT2D eigenvalue weighted by Crippen LogP contribution is 2.59. The van der Waals surface area contributed by atoms with Gasteiger partial charge in [0.15, 0.2) is 0 Å². The average molecular weight is 294 g/mol. The Morgan fingerprint density at radius 2 is 1.68 bits per heavy atom. The summed E-state index contributed by atoms with van der Waals surface area (Å²) in [5.41, 5.74) is 7.01. The first-order chi connectivity index (χ1) is 10.9. The summed E-state index contributed by atoms with van der Waals surface area (Å²) in [5, 5.41) is 0. The zero-order chi connectivity index (χ0) is 14.6. The molecule has 0 N–H and O–H groups in total. The molecule has 3 aliphatic carbocycles. The van der Waals surface area contributed by atoms with Gasteiger partial charge in [-0.1, -0.05) is 49.1 Å². The predicted molar refractivity (Wildman–Crippen MR) is 89.6 cm³/mol. The van der Waals surface area contributed by atoms with E-state index < -0.39 is 0 Å². The van der Waals surface area contributed by atoms with Crippen molar-refractivity contribution in [3.05, 3.63) is 46.6 Å². The summed E-state index contributed by atoms with van der Waals surface area (Å²) in [4.78, 5) is 0. The molecule has 2 atom stereocenters. The predicted octanol–water partition coefficient (Wildman–Crippen LogP) is 5.40. The lowest BCUT2D eigenvalue weighted by Gasteiger charge is -2.53. The molecular formula is C21H26O. The summed E-state index contributed by atoms with van der Waals surface area (Å²) in [6.45, 7) is 0. The lowest BCUT2D eigenvalue weighted by atomic mass is 9.60. The van der Waals surface area contributed by atoms with Gasteiger partial charge in [0, 0.05) is 5.41 Å². The minimum Gasteiger partial charge on any atom is -0.365 e. The van der Waals surface area contributed by atoms with Crippen molar-refractivity contribution in [2.24, 2.45) is 5.41 Å². The van der Waals surface area contributed by atoms with E-state index in [1.807, 2.05) is 5.57 Å². The Balaban J connectivity index is 1.62. The van der Waals surface area contributed by atoms with E-state index in [2.05, 4.69) is 24.3 Å². The Kier molecular flexibility index (Phi) is 3.01. The molecule has 0 amide bonds. The fraction of sp³-hybridized carbons (Fsp3) is 0.619.